The Kier molecular flexibility index (Phi) is 5.54. The summed E-state index contributed by atoms with van der Waals surface area (Å²) < 4.78 is 0. The second-order valence-corrected chi connectivity index (χ2v) is 6.44. The lowest BCUT2D eigenvalue weighted by Crippen LogP contribution is -2.32. The molecule has 1 heterocycles. The molecule has 2 rings (SSSR count). The highest BCUT2D eigenvalue weighted by Gasteiger charge is 2.21. The van der Waals surface area contributed by atoms with Gasteiger partial charge in [0.25, 0.3) is 0 Å². The van der Waals surface area contributed by atoms with Gasteiger partial charge >= 0.3 is 0 Å². The third-order valence-electron chi connectivity index (χ3n) is 4.18. The Labute approximate surface area is 125 Å². The molecule has 0 aromatic carbocycles. The lowest BCUT2D eigenvalue weighted by Gasteiger charge is -2.19. The number of nitrogens with one attached hydrogen (secondary N) is 1. The molecule has 1 aliphatic rings. The van der Waals surface area contributed by atoms with E-state index in [1.807, 2.05) is 6.92 Å². The highest BCUT2D eigenvalue weighted by molar-refractivity contribution is 7.14. The van der Waals surface area contributed by atoms with Gasteiger partial charge in [0.2, 0.25) is 5.91 Å². The Balaban J connectivity index is 1.87. The summed E-state index contributed by atoms with van der Waals surface area (Å²) >= 11 is 1.55. The van der Waals surface area contributed by atoms with Crippen LogP contribution in [0.1, 0.15) is 52.1 Å². The number of thiazole rings is 1. The maximum absolute atomic E-state index is 11.5. The highest BCUT2D eigenvalue weighted by atomic mass is 32.1. The predicted octanol–water partition coefficient (Wildman–Crippen LogP) is 3.18. The zero-order valence-electron chi connectivity index (χ0n) is 12.7. The number of nitrogens with zero attached hydrogens (tertiary/aromatic N) is 2. The Morgan fingerprint density at radius 3 is 2.85 bits per heavy atom. The molecule has 1 fully saturated rings. The molecule has 4 nitrogen and oxygen atoms in total. The van der Waals surface area contributed by atoms with Crippen LogP contribution in [0.4, 0.5) is 5.13 Å². The Bertz CT molecular complexity index is 440. The van der Waals surface area contributed by atoms with E-state index in [1.54, 1.807) is 23.2 Å². The van der Waals surface area contributed by atoms with Crippen molar-refractivity contribution < 1.29 is 4.79 Å². The first-order chi connectivity index (χ1) is 9.61. The van der Waals surface area contributed by atoms with Gasteiger partial charge < -0.3 is 5.32 Å². The van der Waals surface area contributed by atoms with E-state index in [0.717, 1.165) is 23.3 Å². The first kappa shape index (κ1) is 15.4. The molecule has 1 atom stereocenters. The molecule has 1 N–H and O–H groups in total. The number of hydrogen-bond acceptors (Lipinski definition) is 4. The Hall–Kier alpha value is -0.940. The fourth-order valence-corrected chi connectivity index (χ4v) is 3.82. The minimum absolute atomic E-state index is 0.0562. The molecule has 0 saturated heterocycles. The summed E-state index contributed by atoms with van der Waals surface area (Å²) in [6.45, 7) is 7.31. The van der Waals surface area contributed by atoms with E-state index in [-0.39, 0.29) is 5.91 Å². The largest absolute Gasteiger partial charge is 0.308 e. The zero-order valence-corrected chi connectivity index (χ0v) is 13.5. The number of carbonyl (C=O) groups excluding carboxylic acids is 1. The van der Waals surface area contributed by atoms with Gasteiger partial charge in [-0.15, -0.1) is 11.3 Å². The average Bonchev–Trinajstić information content (AvgIpc) is 3.08. The van der Waals surface area contributed by atoms with Crippen LogP contribution >= 0.6 is 11.3 Å². The summed E-state index contributed by atoms with van der Waals surface area (Å²) in [5.74, 6) is 0.873. The van der Waals surface area contributed by atoms with Gasteiger partial charge in [0, 0.05) is 31.4 Å². The molecule has 5 heteroatoms. The topological polar surface area (TPSA) is 45.2 Å². The molecule has 0 spiro atoms. The molecule has 0 aliphatic heterocycles. The van der Waals surface area contributed by atoms with Crippen molar-refractivity contribution in [1.29, 1.82) is 0 Å². The van der Waals surface area contributed by atoms with Crippen LogP contribution in [0.3, 0.4) is 0 Å². The highest BCUT2D eigenvalue weighted by Crippen LogP contribution is 2.28. The van der Waals surface area contributed by atoms with Crippen molar-refractivity contribution in [1.82, 2.24) is 10.3 Å². The van der Waals surface area contributed by atoms with Crippen molar-refractivity contribution in [3.63, 3.8) is 0 Å². The minimum atomic E-state index is 0.0562. The Morgan fingerprint density at radius 1 is 1.55 bits per heavy atom. The van der Waals surface area contributed by atoms with Gasteiger partial charge in [0.15, 0.2) is 5.13 Å². The molecule has 1 aliphatic carbocycles. The molecule has 20 heavy (non-hydrogen) atoms. The summed E-state index contributed by atoms with van der Waals surface area (Å²) in [4.78, 5) is 17.8. The van der Waals surface area contributed by atoms with Crippen LogP contribution in [0.15, 0.2) is 5.38 Å². The van der Waals surface area contributed by atoms with E-state index >= 15 is 0 Å². The van der Waals surface area contributed by atoms with Crippen LogP contribution in [-0.2, 0) is 11.3 Å². The van der Waals surface area contributed by atoms with Crippen LogP contribution < -0.4 is 10.2 Å². The van der Waals surface area contributed by atoms with Crippen LogP contribution in [-0.4, -0.2) is 23.5 Å². The lowest BCUT2D eigenvalue weighted by atomic mass is 10.00. The van der Waals surface area contributed by atoms with E-state index in [0.29, 0.717) is 12.6 Å². The maximum atomic E-state index is 11.5. The van der Waals surface area contributed by atoms with Gasteiger partial charge in [0.05, 0.1) is 5.69 Å². The van der Waals surface area contributed by atoms with Crippen LogP contribution in [0, 0.1) is 5.92 Å². The van der Waals surface area contributed by atoms with E-state index in [4.69, 9.17) is 0 Å². The van der Waals surface area contributed by atoms with Crippen LogP contribution in [0.5, 0.6) is 0 Å². The third kappa shape index (κ3) is 3.79. The number of carbonyl (C=O) groups is 1. The molecule has 112 valence electrons. The predicted molar refractivity (Wildman–Crippen MR) is 84.1 cm³/mol. The monoisotopic (exact) mass is 295 g/mol. The summed E-state index contributed by atoms with van der Waals surface area (Å²) in [6, 6.07) is 0.553. The molecule has 1 saturated carbocycles. The van der Waals surface area contributed by atoms with Crippen LogP contribution in [0.2, 0.25) is 0 Å². The molecular weight excluding hydrogens is 270 g/mol. The van der Waals surface area contributed by atoms with Gasteiger partial charge in [-0.3, -0.25) is 9.69 Å². The molecule has 1 aromatic rings. The number of amides is 1. The molecule has 0 bridgehead atoms. The molecule has 0 unspecified atom stereocenters. The number of aromatic nitrogens is 1. The van der Waals surface area contributed by atoms with E-state index < -0.39 is 0 Å². The fraction of sp³-hybridized carbons (Fsp3) is 0.733. The van der Waals surface area contributed by atoms with Gasteiger partial charge in [-0.25, -0.2) is 4.98 Å². The normalized spacial score (nSPS) is 17.4. The summed E-state index contributed by atoms with van der Waals surface area (Å²) in [6.07, 6.45) is 5.46. The van der Waals surface area contributed by atoms with Crippen molar-refractivity contribution in [2.24, 2.45) is 5.92 Å². The second-order valence-electron chi connectivity index (χ2n) is 5.60. The molecule has 1 aromatic heterocycles. The maximum Gasteiger partial charge on any atom is 0.225 e. The smallest absolute Gasteiger partial charge is 0.225 e. The zero-order chi connectivity index (χ0) is 14.5. The van der Waals surface area contributed by atoms with E-state index in [9.17, 15) is 4.79 Å². The van der Waals surface area contributed by atoms with Crippen molar-refractivity contribution >= 4 is 22.4 Å². The van der Waals surface area contributed by atoms with Crippen molar-refractivity contribution in [2.75, 3.05) is 11.4 Å². The van der Waals surface area contributed by atoms with Crippen molar-refractivity contribution in [3.05, 3.63) is 11.1 Å². The average molecular weight is 295 g/mol. The lowest BCUT2D eigenvalue weighted by molar-refractivity contribution is -0.116. The third-order valence-corrected chi connectivity index (χ3v) is 5.09. The van der Waals surface area contributed by atoms with Crippen molar-refractivity contribution in [2.45, 2.75) is 59.0 Å². The minimum Gasteiger partial charge on any atom is -0.308 e. The van der Waals surface area contributed by atoms with Crippen LogP contribution in [0.25, 0.3) is 0 Å². The first-order valence-corrected chi connectivity index (χ1v) is 8.45. The fourth-order valence-electron chi connectivity index (χ4n) is 2.88. The second kappa shape index (κ2) is 7.18. The van der Waals surface area contributed by atoms with Gasteiger partial charge in [-0.2, -0.15) is 0 Å². The van der Waals surface area contributed by atoms with Gasteiger partial charge in [-0.05, 0) is 32.6 Å². The summed E-state index contributed by atoms with van der Waals surface area (Å²) in [5, 5.41) is 6.44. The molecular formula is C15H25N3OS. The first-order valence-electron chi connectivity index (χ1n) is 7.57. The number of anilines is 1. The van der Waals surface area contributed by atoms with Crippen molar-refractivity contribution in [3.8, 4) is 0 Å². The Morgan fingerprint density at radius 2 is 2.25 bits per heavy atom. The number of hydrogen-bond donors (Lipinski definition) is 1. The molecule has 1 amide bonds. The SMILES string of the molecule is CCN(C(C)=O)c1nc(CN[C@H](C)C2CCCC2)cs1. The van der Waals surface area contributed by atoms with Gasteiger partial charge in [-0.1, -0.05) is 12.8 Å². The summed E-state index contributed by atoms with van der Waals surface area (Å²) in [5.41, 5.74) is 1.04. The standard InChI is InChI=1S/C15H25N3OS/c1-4-18(12(3)19)15-17-14(10-20-15)9-16-11(2)13-7-5-6-8-13/h10-11,13,16H,4-9H2,1-3H3/t11-/m1/s1. The molecule has 0 radical (unpaired) electrons. The van der Waals surface area contributed by atoms with E-state index in [2.05, 4.69) is 22.6 Å². The van der Waals surface area contributed by atoms with Gasteiger partial charge in [0.1, 0.15) is 0 Å². The quantitative estimate of drug-likeness (QED) is 0.876. The van der Waals surface area contributed by atoms with E-state index in [1.165, 1.54) is 25.7 Å². The summed E-state index contributed by atoms with van der Waals surface area (Å²) in [7, 11) is 0. The number of rotatable bonds is 6.